The molecule has 3 heterocycles. The molecule has 1 amide bonds. The van der Waals surface area contributed by atoms with E-state index in [4.69, 9.17) is 9.26 Å². The molecule has 0 saturated carbocycles. The summed E-state index contributed by atoms with van der Waals surface area (Å²) in [6, 6.07) is 3.36. The van der Waals surface area contributed by atoms with Crippen molar-refractivity contribution in [1.82, 2.24) is 14.9 Å². The molecular weight excluding hydrogens is 368 g/mol. The number of carbonyl (C=O) groups excluding carboxylic acids is 2. The highest BCUT2D eigenvalue weighted by Gasteiger charge is 2.23. The third kappa shape index (κ3) is 4.19. The molecule has 0 unspecified atom stereocenters. The summed E-state index contributed by atoms with van der Waals surface area (Å²) < 4.78 is 12.1. The van der Waals surface area contributed by atoms with Gasteiger partial charge in [-0.25, -0.2) is 4.79 Å². The van der Waals surface area contributed by atoms with Gasteiger partial charge in [0.25, 0.3) is 5.91 Å². The number of rotatable bonds is 6. The summed E-state index contributed by atoms with van der Waals surface area (Å²) in [7, 11) is 0. The maximum absolute atomic E-state index is 12.5. The fraction of sp³-hybridized carbons (Fsp3) is 0.444. The number of aromatic nitrogens is 3. The number of hydrogen-bond acceptors (Lipinski definition) is 7. The van der Waals surface area contributed by atoms with Crippen LogP contribution < -0.4 is 5.32 Å². The number of carbonyl (C=O) groups is 2. The van der Waals surface area contributed by atoms with Crippen LogP contribution in [0.1, 0.15) is 41.9 Å². The minimum absolute atomic E-state index is 0.284. The van der Waals surface area contributed by atoms with Crippen LogP contribution in [0.25, 0.3) is 10.2 Å². The van der Waals surface area contributed by atoms with Gasteiger partial charge < -0.3 is 14.6 Å². The van der Waals surface area contributed by atoms with Gasteiger partial charge in [0.15, 0.2) is 11.9 Å². The Labute approximate surface area is 160 Å². The van der Waals surface area contributed by atoms with E-state index < -0.39 is 18.0 Å². The lowest BCUT2D eigenvalue weighted by molar-refractivity contribution is -0.123. The van der Waals surface area contributed by atoms with Crippen LogP contribution in [0.3, 0.4) is 0 Å². The fourth-order valence-electron chi connectivity index (χ4n) is 2.61. The van der Waals surface area contributed by atoms with Gasteiger partial charge in [0.05, 0.1) is 5.69 Å². The van der Waals surface area contributed by atoms with Crippen LogP contribution in [0.2, 0.25) is 0 Å². The highest BCUT2D eigenvalue weighted by Crippen LogP contribution is 2.29. The molecule has 0 spiro atoms. The number of thiophene rings is 1. The van der Waals surface area contributed by atoms with Gasteiger partial charge in [-0.2, -0.15) is 5.10 Å². The lowest BCUT2D eigenvalue weighted by Gasteiger charge is -2.11. The Morgan fingerprint density at radius 2 is 2.04 bits per heavy atom. The van der Waals surface area contributed by atoms with E-state index in [1.807, 2.05) is 11.6 Å². The molecule has 1 atom stereocenters. The monoisotopic (exact) mass is 390 g/mol. The third-order valence-electron chi connectivity index (χ3n) is 3.88. The van der Waals surface area contributed by atoms with Crippen molar-refractivity contribution in [3.63, 3.8) is 0 Å². The number of fused-ring (bicyclic) bond motifs is 1. The molecule has 3 aromatic heterocycles. The van der Waals surface area contributed by atoms with E-state index in [1.54, 1.807) is 19.1 Å². The van der Waals surface area contributed by atoms with Crippen LogP contribution in [-0.4, -0.2) is 32.9 Å². The average molecular weight is 390 g/mol. The van der Waals surface area contributed by atoms with Crippen molar-refractivity contribution >= 4 is 39.2 Å². The van der Waals surface area contributed by atoms with Crippen LogP contribution in [0.5, 0.6) is 0 Å². The number of nitrogens with zero attached hydrogens (tertiary/aromatic N) is 3. The summed E-state index contributed by atoms with van der Waals surface area (Å²) in [6.45, 7) is 10.1. The first-order chi connectivity index (χ1) is 12.7. The van der Waals surface area contributed by atoms with E-state index in [-0.39, 0.29) is 5.82 Å². The van der Waals surface area contributed by atoms with Gasteiger partial charge >= 0.3 is 5.97 Å². The molecule has 8 nitrogen and oxygen atoms in total. The molecule has 0 aliphatic heterocycles. The Morgan fingerprint density at radius 1 is 1.30 bits per heavy atom. The summed E-state index contributed by atoms with van der Waals surface area (Å²) in [6.07, 6.45) is -0.965. The molecule has 144 valence electrons. The molecule has 0 fully saturated rings. The smallest absolute Gasteiger partial charge is 0.349 e. The number of nitrogens with one attached hydrogen (secondary N) is 1. The van der Waals surface area contributed by atoms with Gasteiger partial charge in [-0.05, 0) is 32.8 Å². The van der Waals surface area contributed by atoms with E-state index in [0.717, 1.165) is 22.5 Å². The van der Waals surface area contributed by atoms with Crippen molar-refractivity contribution in [2.24, 2.45) is 5.92 Å². The number of esters is 1. The Hall–Kier alpha value is -2.68. The molecule has 1 N–H and O–H groups in total. The Morgan fingerprint density at radius 3 is 2.67 bits per heavy atom. The zero-order chi connectivity index (χ0) is 19.7. The number of amides is 1. The second-order valence-electron chi connectivity index (χ2n) is 6.85. The van der Waals surface area contributed by atoms with Gasteiger partial charge in [-0.3, -0.25) is 9.48 Å². The van der Waals surface area contributed by atoms with Crippen molar-refractivity contribution in [3.8, 4) is 0 Å². The summed E-state index contributed by atoms with van der Waals surface area (Å²) >= 11 is 1.32. The number of ether oxygens (including phenoxy) is 1. The SMILES string of the molecule is Cc1cc(NC(=O)[C@H](C)OC(=O)c2cc3c(C)nn(CC(C)C)c3s2)no1. The first kappa shape index (κ1) is 19.1. The summed E-state index contributed by atoms with van der Waals surface area (Å²) in [5.74, 6) is 0.289. The molecule has 0 radical (unpaired) electrons. The minimum atomic E-state index is -0.965. The molecule has 0 bridgehead atoms. The molecule has 3 aromatic rings. The van der Waals surface area contributed by atoms with Crippen molar-refractivity contribution in [3.05, 3.63) is 28.5 Å². The van der Waals surface area contributed by atoms with Crippen molar-refractivity contribution in [1.29, 1.82) is 0 Å². The summed E-state index contributed by atoms with van der Waals surface area (Å²) in [5, 5.41) is 11.7. The van der Waals surface area contributed by atoms with Crippen LogP contribution in [0, 0.1) is 19.8 Å². The molecule has 9 heteroatoms. The van der Waals surface area contributed by atoms with Crippen LogP contribution in [-0.2, 0) is 16.1 Å². The van der Waals surface area contributed by atoms with Gasteiger partial charge in [0.1, 0.15) is 15.5 Å². The standard InChI is InChI=1S/C18H22N4O4S/c1-9(2)8-22-17-13(11(4)20-22)7-14(27-17)18(24)25-12(5)16(23)19-15-6-10(3)26-21-15/h6-7,9,12H,8H2,1-5H3,(H,19,21,23)/t12-/m0/s1. The molecule has 0 saturated heterocycles. The first-order valence-corrected chi connectivity index (χ1v) is 9.48. The number of aryl methyl sites for hydroxylation is 2. The quantitative estimate of drug-likeness (QED) is 0.646. The van der Waals surface area contributed by atoms with Gasteiger partial charge in [-0.15, -0.1) is 11.3 Å². The molecule has 0 aliphatic rings. The van der Waals surface area contributed by atoms with Crippen LogP contribution in [0.15, 0.2) is 16.7 Å². The topological polar surface area (TPSA) is 99.2 Å². The minimum Gasteiger partial charge on any atom is -0.448 e. The Bertz CT molecular complexity index is 985. The van der Waals surface area contributed by atoms with E-state index in [1.165, 1.54) is 18.3 Å². The van der Waals surface area contributed by atoms with Crippen molar-refractivity contribution in [2.45, 2.75) is 47.3 Å². The zero-order valence-corrected chi connectivity index (χ0v) is 16.7. The molecule has 3 rings (SSSR count). The Balaban J connectivity index is 1.70. The van der Waals surface area contributed by atoms with Crippen LogP contribution >= 0.6 is 11.3 Å². The predicted molar refractivity (Wildman–Crippen MR) is 102 cm³/mol. The lowest BCUT2D eigenvalue weighted by Crippen LogP contribution is -2.29. The van der Waals surface area contributed by atoms with Gasteiger partial charge in [0.2, 0.25) is 0 Å². The lowest BCUT2D eigenvalue weighted by atomic mass is 10.2. The van der Waals surface area contributed by atoms with Gasteiger partial charge in [-0.1, -0.05) is 19.0 Å². The molecule has 27 heavy (non-hydrogen) atoms. The number of hydrogen-bond donors (Lipinski definition) is 1. The van der Waals surface area contributed by atoms with E-state index in [0.29, 0.717) is 16.6 Å². The van der Waals surface area contributed by atoms with Gasteiger partial charge in [0, 0.05) is 18.0 Å². The number of anilines is 1. The van der Waals surface area contributed by atoms with Crippen molar-refractivity contribution in [2.75, 3.05) is 5.32 Å². The fourth-order valence-corrected chi connectivity index (χ4v) is 3.66. The van der Waals surface area contributed by atoms with E-state index in [9.17, 15) is 9.59 Å². The first-order valence-electron chi connectivity index (χ1n) is 8.66. The maximum Gasteiger partial charge on any atom is 0.349 e. The Kier molecular flexibility index (Phi) is 5.31. The second-order valence-corrected chi connectivity index (χ2v) is 7.88. The largest absolute Gasteiger partial charge is 0.448 e. The van der Waals surface area contributed by atoms with Crippen molar-refractivity contribution < 1.29 is 18.8 Å². The molecule has 0 aromatic carbocycles. The van der Waals surface area contributed by atoms with E-state index in [2.05, 4.69) is 29.4 Å². The zero-order valence-electron chi connectivity index (χ0n) is 15.9. The normalized spacial score (nSPS) is 12.5. The average Bonchev–Trinajstić information content (AvgIpc) is 3.25. The van der Waals surface area contributed by atoms with Crippen LogP contribution in [0.4, 0.5) is 5.82 Å². The second kappa shape index (κ2) is 7.51. The molecule has 0 aliphatic carbocycles. The maximum atomic E-state index is 12.5. The summed E-state index contributed by atoms with van der Waals surface area (Å²) in [5.41, 5.74) is 0.869. The summed E-state index contributed by atoms with van der Waals surface area (Å²) in [4.78, 5) is 26.0. The highest BCUT2D eigenvalue weighted by atomic mass is 32.1. The van der Waals surface area contributed by atoms with E-state index >= 15 is 0 Å². The third-order valence-corrected chi connectivity index (χ3v) is 5.01. The molecular formula is C18H22N4O4S. The predicted octanol–water partition coefficient (Wildman–Crippen LogP) is 3.54. The highest BCUT2D eigenvalue weighted by molar-refractivity contribution is 7.20.